The zero-order chi connectivity index (χ0) is 19.4. The smallest absolute Gasteiger partial charge is 0.203 e. The number of benzene rings is 2. The lowest BCUT2D eigenvalue weighted by atomic mass is 10.00. The first-order valence-electron chi connectivity index (χ1n) is 8.59. The lowest BCUT2D eigenvalue weighted by Crippen LogP contribution is -1.99. The molecule has 0 amide bonds. The first kappa shape index (κ1) is 21.9. The van der Waals surface area contributed by atoms with Gasteiger partial charge in [0.2, 0.25) is 5.75 Å². The summed E-state index contributed by atoms with van der Waals surface area (Å²) < 4.78 is 21.9. The second-order valence-electron chi connectivity index (χ2n) is 5.91. The number of hydrogen-bond acceptors (Lipinski definition) is 5. The fraction of sp³-hybridized carbons (Fsp3) is 0.286. The number of nitrogens with zero attached hydrogens (tertiary/aromatic N) is 1. The third-order valence-electron chi connectivity index (χ3n) is 4.34. The van der Waals surface area contributed by atoms with Crippen molar-refractivity contribution in [3.8, 4) is 23.0 Å². The van der Waals surface area contributed by atoms with Gasteiger partial charge in [0.25, 0.3) is 0 Å². The van der Waals surface area contributed by atoms with E-state index in [-0.39, 0.29) is 12.4 Å². The summed E-state index contributed by atoms with van der Waals surface area (Å²) >= 11 is 6.51. The van der Waals surface area contributed by atoms with E-state index in [2.05, 4.69) is 4.98 Å². The fourth-order valence-electron chi connectivity index (χ4n) is 3.12. The molecular formula is C21H23Cl2NO4. The van der Waals surface area contributed by atoms with Crippen LogP contribution < -0.4 is 18.9 Å². The Hall–Kier alpha value is -2.37. The minimum atomic E-state index is 0. The highest BCUT2D eigenvalue weighted by atomic mass is 35.5. The SMILES string of the molecule is CCOc1ccc2c(Cc3cc(OC)c(OC)c(OC)c3)cncc2c1Cl.Cl. The molecule has 150 valence electrons. The Bertz CT molecular complexity index is 938. The Labute approximate surface area is 175 Å². The van der Waals surface area contributed by atoms with Crippen molar-refractivity contribution in [1.82, 2.24) is 4.98 Å². The molecule has 0 fully saturated rings. The number of pyridine rings is 1. The van der Waals surface area contributed by atoms with Crippen LogP contribution in [0.1, 0.15) is 18.1 Å². The van der Waals surface area contributed by atoms with Gasteiger partial charge in [-0.15, -0.1) is 12.4 Å². The number of rotatable bonds is 7. The molecule has 0 aliphatic carbocycles. The van der Waals surface area contributed by atoms with E-state index >= 15 is 0 Å². The van der Waals surface area contributed by atoms with Crippen molar-refractivity contribution in [2.45, 2.75) is 13.3 Å². The molecule has 5 nitrogen and oxygen atoms in total. The highest BCUT2D eigenvalue weighted by Crippen LogP contribution is 2.39. The third-order valence-corrected chi connectivity index (χ3v) is 4.73. The van der Waals surface area contributed by atoms with Gasteiger partial charge in [-0.1, -0.05) is 17.7 Å². The predicted octanol–water partition coefficient (Wildman–Crippen LogP) is 5.33. The first-order valence-corrected chi connectivity index (χ1v) is 8.97. The lowest BCUT2D eigenvalue weighted by Gasteiger charge is -2.15. The zero-order valence-corrected chi connectivity index (χ0v) is 17.8. The molecule has 3 rings (SSSR count). The van der Waals surface area contributed by atoms with Crippen LogP contribution in [0, 0.1) is 0 Å². The van der Waals surface area contributed by atoms with Crippen molar-refractivity contribution in [3.05, 3.63) is 52.8 Å². The van der Waals surface area contributed by atoms with Crippen molar-refractivity contribution in [2.24, 2.45) is 0 Å². The van der Waals surface area contributed by atoms with E-state index in [1.54, 1.807) is 27.5 Å². The molecule has 2 aromatic carbocycles. The van der Waals surface area contributed by atoms with Gasteiger partial charge in [-0.25, -0.2) is 0 Å². The maximum Gasteiger partial charge on any atom is 0.203 e. The summed E-state index contributed by atoms with van der Waals surface area (Å²) in [4.78, 5) is 4.36. The molecular weight excluding hydrogens is 401 g/mol. The molecule has 0 atom stereocenters. The van der Waals surface area contributed by atoms with E-state index in [9.17, 15) is 0 Å². The molecule has 3 aromatic rings. The highest BCUT2D eigenvalue weighted by Gasteiger charge is 2.15. The summed E-state index contributed by atoms with van der Waals surface area (Å²) in [6, 6.07) is 7.79. The monoisotopic (exact) mass is 423 g/mol. The van der Waals surface area contributed by atoms with Gasteiger partial charge in [-0.2, -0.15) is 0 Å². The topological polar surface area (TPSA) is 49.8 Å². The Morgan fingerprint density at radius 3 is 2.14 bits per heavy atom. The van der Waals surface area contributed by atoms with Crippen LogP contribution >= 0.6 is 24.0 Å². The maximum atomic E-state index is 6.51. The van der Waals surface area contributed by atoms with Crippen LogP contribution in [0.3, 0.4) is 0 Å². The quantitative estimate of drug-likeness (QED) is 0.514. The van der Waals surface area contributed by atoms with E-state index in [4.69, 9.17) is 30.5 Å². The van der Waals surface area contributed by atoms with Crippen LogP contribution in [-0.4, -0.2) is 32.9 Å². The molecule has 1 heterocycles. The molecule has 0 unspecified atom stereocenters. The summed E-state index contributed by atoms with van der Waals surface area (Å²) in [5.74, 6) is 2.48. The first-order chi connectivity index (χ1) is 13.1. The van der Waals surface area contributed by atoms with Gasteiger partial charge >= 0.3 is 0 Å². The Morgan fingerprint density at radius 2 is 1.57 bits per heavy atom. The molecule has 0 N–H and O–H groups in total. The average molecular weight is 424 g/mol. The van der Waals surface area contributed by atoms with Crippen LogP contribution in [0.15, 0.2) is 36.7 Å². The molecule has 0 saturated carbocycles. The average Bonchev–Trinajstić information content (AvgIpc) is 2.69. The number of hydrogen-bond donors (Lipinski definition) is 0. The van der Waals surface area contributed by atoms with E-state index < -0.39 is 0 Å². The van der Waals surface area contributed by atoms with Gasteiger partial charge in [0.15, 0.2) is 11.5 Å². The largest absolute Gasteiger partial charge is 0.493 e. The van der Waals surface area contributed by atoms with Crippen molar-refractivity contribution >= 4 is 34.8 Å². The summed E-state index contributed by atoms with van der Waals surface area (Å²) in [5, 5.41) is 2.48. The molecule has 28 heavy (non-hydrogen) atoms. The van der Waals surface area contributed by atoms with Crippen molar-refractivity contribution in [2.75, 3.05) is 27.9 Å². The molecule has 0 bridgehead atoms. The second-order valence-corrected chi connectivity index (χ2v) is 6.29. The van der Waals surface area contributed by atoms with Gasteiger partial charge in [0.05, 0.1) is 33.0 Å². The Balaban J connectivity index is 0.00000280. The van der Waals surface area contributed by atoms with Gasteiger partial charge in [-0.05, 0) is 48.1 Å². The molecule has 7 heteroatoms. The van der Waals surface area contributed by atoms with E-state index in [0.717, 1.165) is 21.9 Å². The standard InChI is InChI=1S/C21H22ClNO4.ClH/c1-5-27-17-7-6-15-14(11-23-12-16(15)20(17)22)8-13-9-18(24-2)21(26-4)19(10-13)25-3;/h6-7,9-12H,5,8H2,1-4H3;1H. The molecule has 0 aliphatic heterocycles. The molecule has 0 spiro atoms. The number of fused-ring (bicyclic) bond motifs is 1. The number of ether oxygens (including phenoxy) is 4. The summed E-state index contributed by atoms with van der Waals surface area (Å²) in [5.41, 5.74) is 2.07. The predicted molar refractivity (Wildman–Crippen MR) is 114 cm³/mol. The van der Waals surface area contributed by atoms with Crippen molar-refractivity contribution in [3.63, 3.8) is 0 Å². The molecule has 0 aliphatic rings. The van der Waals surface area contributed by atoms with Crippen LogP contribution in [0.2, 0.25) is 5.02 Å². The Kier molecular flexibility index (Phi) is 7.61. The lowest BCUT2D eigenvalue weighted by molar-refractivity contribution is 0.324. The van der Waals surface area contributed by atoms with Crippen molar-refractivity contribution in [1.29, 1.82) is 0 Å². The van der Waals surface area contributed by atoms with Gasteiger partial charge in [0.1, 0.15) is 5.75 Å². The third kappa shape index (κ3) is 4.21. The second kappa shape index (κ2) is 9.71. The Morgan fingerprint density at radius 1 is 0.893 bits per heavy atom. The van der Waals surface area contributed by atoms with Gasteiger partial charge in [-0.3, -0.25) is 4.98 Å². The van der Waals surface area contributed by atoms with Crippen LogP contribution in [-0.2, 0) is 6.42 Å². The highest BCUT2D eigenvalue weighted by molar-refractivity contribution is 6.37. The normalized spacial score (nSPS) is 10.3. The van der Waals surface area contributed by atoms with Gasteiger partial charge < -0.3 is 18.9 Å². The van der Waals surface area contributed by atoms with Crippen LogP contribution in [0.4, 0.5) is 0 Å². The number of halogens is 2. The van der Waals surface area contributed by atoms with Crippen LogP contribution in [0.5, 0.6) is 23.0 Å². The molecule has 0 saturated heterocycles. The van der Waals surface area contributed by atoms with E-state index in [1.165, 1.54) is 0 Å². The van der Waals surface area contributed by atoms with E-state index in [1.807, 2.05) is 37.4 Å². The van der Waals surface area contributed by atoms with Crippen LogP contribution in [0.25, 0.3) is 10.8 Å². The minimum Gasteiger partial charge on any atom is -0.493 e. The fourth-order valence-corrected chi connectivity index (χ4v) is 3.38. The summed E-state index contributed by atoms with van der Waals surface area (Å²) in [7, 11) is 4.80. The molecule has 0 radical (unpaired) electrons. The van der Waals surface area contributed by atoms with Crippen molar-refractivity contribution < 1.29 is 18.9 Å². The summed E-state index contributed by atoms with van der Waals surface area (Å²) in [6.45, 7) is 2.49. The molecule has 1 aromatic heterocycles. The summed E-state index contributed by atoms with van der Waals surface area (Å²) in [6.07, 6.45) is 4.26. The number of methoxy groups -OCH3 is 3. The minimum absolute atomic E-state index is 0. The van der Waals surface area contributed by atoms with E-state index in [0.29, 0.717) is 41.0 Å². The maximum absolute atomic E-state index is 6.51. The van der Waals surface area contributed by atoms with Gasteiger partial charge in [0, 0.05) is 17.8 Å². The number of aromatic nitrogens is 1. The zero-order valence-electron chi connectivity index (χ0n) is 16.2.